The molecule has 44 heavy (non-hydrogen) atoms. The van der Waals surface area contributed by atoms with Crippen molar-refractivity contribution in [3.05, 3.63) is 130 Å². The first-order chi connectivity index (χ1) is 21.0. The first-order valence-corrected chi connectivity index (χ1v) is 17.7. The van der Waals surface area contributed by atoms with Crippen LogP contribution in [0.1, 0.15) is 47.2 Å². The highest BCUT2D eigenvalue weighted by Gasteiger charge is 2.54. The molecule has 2 saturated heterocycles. The summed E-state index contributed by atoms with van der Waals surface area (Å²) in [5.74, 6) is -1.03. The molecule has 228 valence electrons. The molecule has 0 aromatic heterocycles. The number of Topliss-reactive ketones (excluding diaryl/α,β-unsaturated/α-hetero) is 1. The van der Waals surface area contributed by atoms with Crippen LogP contribution in [-0.2, 0) is 24.8 Å². The molecule has 2 heterocycles. The van der Waals surface area contributed by atoms with Gasteiger partial charge in [-0.25, -0.2) is 16.8 Å². The van der Waals surface area contributed by atoms with Gasteiger partial charge < -0.3 is 0 Å². The zero-order valence-corrected chi connectivity index (χ0v) is 26.8. The van der Waals surface area contributed by atoms with Gasteiger partial charge in [-0.2, -0.15) is 8.61 Å². The molecule has 0 bridgehead atoms. The van der Waals surface area contributed by atoms with E-state index in [1.165, 1.54) is 8.61 Å². The number of carbonyl (C=O) groups is 1. The molecule has 2 aliphatic rings. The van der Waals surface area contributed by atoms with Crippen LogP contribution in [-0.4, -0.2) is 43.8 Å². The number of sulfonamides is 2. The Hall–Kier alpha value is -3.34. The highest BCUT2D eigenvalue weighted by molar-refractivity contribution is 7.89. The summed E-state index contributed by atoms with van der Waals surface area (Å²) in [6.07, 6.45) is 0.00864. The van der Waals surface area contributed by atoms with E-state index in [9.17, 15) is 21.6 Å². The fourth-order valence-corrected chi connectivity index (χ4v) is 10.2. The summed E-state index contributed by atoms with van der Waals surface area (Å²) in [6, 6.07) is 27.0. The van der Waals surface area contributed by atoms with Crippen molar-refractivity contribution < 1.29 is 21.6 Å². The number of aryl methyl sites for hydroxylation is 2. The third-order valence-electron chi connectivity index (χ3n) is 8.74. The Morgan fingerprint density at radius 2 is 1.30 bits per heavy atom. The van der Waals surface area contributed by atoms with Gasteiger partial charge in [0.1, 0.15) is 5.78 Å². The molecule has 4 aromatic rings. The van der Waals surface area contributed by atoms with Gasteiger partial charge in [-0.15, -0.1) is 0 Å². The van der Waals surface area contributed by atoms with E-state index in [0.717, 1.165) is 16.7 Å². The number of nitrogens with zero attached hydrogens (tertiary/aromatic N) is 2. The average Bonchev–Trinajstić information content (AvgIpc) is 3.01. The second-order valence-corrected chi connectivity index (χ2v) is 15.8. The Morgan fingerprint density at radius 3 is 1.93 bits per heavy atom. The lowest BCUT2D eigenvalue weighted by atomic mass is 9.77. The molecule has 2 fully saturated rings. The molecule has 2 aliphatic heterocycles. The monoisotopic (exact) mass is 648 g/mol. The molecule has 7 nitrogen and oxygen atoms in total. The minimum absolute atomic E-state index is 0.0962. The van der Waals surface area contributed by atoms with Gasteiger partial charge in [-0.05, 0) is 67.8 Å². The van der Waals surface area contributed by atoms with E-state index in [2.05, 4.69) is 0 Å². The predicted molar refractivity (Wildman–Crippen MR) is 170 cm³/mol. The van der Waals surface area contributed by atoms with Crippen LogP contribution in [0.15, 0.2) is 113 Å². The molecular formula is C34H33ClN2O5S2. The van der Waals surface area contributed by atoms with Crippen LogP contribution in [0.2, 0.25) is 5.02 Å². The second kappa shape index (κ2) is 11.9. The highest BCUT2D eigenvalue weighted by atomic mass is 35.5. The van der Waals surface area contributed by atoms with Crippen LogP contribution in [0, 0.1) is 19.8 Å². The van der Waals surface area contributed by atoms with E-state index in [1.807, 2.05) is 38.1 Å². The fraction of sp³-hybridized carbons (Fsp3) is 0.265. The van der Waals surface area contributed by atoms with E-state index < -0.39 is 44.1 Å². The quantitative estimate of drug-likeness (QED) is 0.239. The Morgan fingerprint density at radius 1 is 0.682 bits per heavy atom. The molecular weight excluding hydrogens is 616 g/mol. The molecule has 0 spiro atoms. The maximum absolute atomic E-state index is 14.6. The molecule has 0 amide bonds. The zero-order chi connectivity index (χ0) is 31.2. The van der Waals surface area contributed by atoms with Crippen LogP contribution in [0.3, 0.4) is 0 Å². The molecule has 0 aliphatic carbocycles. The van der Waals surface area contributed by atoms with Gasteiger partial charge in [0, 0.05) is 29.9 Å². The molecule has 0 N–H and O–H groups in total. The molecule has 0 unspecified atom stereocenters. The highest BCUT2D eigenvalue weighted by Crippen LogP contribution is 2.48. The first-order valence-electron chi connectivity index (χ1n) is 14.5. The number of fused-ring (bicyclic) bond motifs is 1. The number of benzene rings is 4. The summed E-state index contributed by atoms with van der Waals surface area (Å²) >= 11 is 6.35. The number of hydrogen-bond donors (Lipinski definition) is 0. The topological polar surface area (TPSA) is 91.8 Å². The summed E-state index contributed by atoms with van der Waals surface area (Å²) in [7, 11) is -8.16. The van der Waals surface area contributed by atoms with Crippen molar-refractivity contribution in [2.75, 3.05) is 6.54 Å². The van der Waals surface area contributed by atoms with E-state index >= 15 is 0 Å². The maximum Gasteiger partial charge on any atom is 0.243 e. The molecule has 6 rings (SSSR count). The summed E-state index contributed by atoms with van der Waals surface area (Å²) in [4.78, 5) is 14.2. The van der Waals surface area contributed by atoms with E-state index in [1.54, 1.807) is 78.9 Å². The molecule has 4 aromatic carbocycles. The lowest BCUT2D eigenvalue weighted by molar-refractivity contribution is -0.132. The van der Waals surface area contributed by atoms with Gasteiger partial charge >= 0.3 is 0 Å². The molecule has 4 atom stereocenters. The fourth-order valence-electron chi connectivity index (χ4n) is 6.45. The smallest absolute Gasteiger partial charge is 0.243 e. The number of halogens is 1. The SMILES string of the molecule is Cc1ccc([C@@H]2C[C@H]3[C@@H](CN2S(=O)(=O)c2ccccc2)C(=O)C[C@@H](c2cccc(Cl)c2)N3S(=O)(=O)c2ccc(C)cc2)cc1. The largest absolute Gasteiger partial charge is 0.299 e. The van der Waals surface area contributed by atoms with Gasteiger partial charge in [0.2, 0.25) is 20.0 Å². The maximum atomic E-state index is 14.6. The van der Waals surface area contributed by atoms with Crippen molar-refractivity contribution in [2.24, 2.45) is 5.92 Å². The normalized spacial score (nSPS) is 23.3. The Kier molecular flexibility index (Phi) is 8.28. The van der Waals surface area contributed by atoms with Crippen LogP contribution >= 0.6 is 11.6 Å². The Labute approximate surface area is 264 Å². The van der Waals surface area contributed by atoms with Crippen molar-refractivity contribution in [3.63, 3.8) is 0 Å². The number of piperidine rings is 2. The molecule has 10 heteroatoms. The van der Waals surface area contributed by atoms with Crippen LogP contribution in [0.25, 0.3) is 0 Å². The van der Waals surface area contributed by atoms with Crippen molar-refractivity contribution >= 4 is 37.4 Å². The average molecular weight is 649 g/mol. The van der Waals surface area contributed by atoms with Gasteiger partial charge in [0.05, 0.1) is 21.9 Å². The van der Waals surface area contributed by atoms with Gasteiger partial charge in [-0.3, -0.25) is 4.79 Å². The van der Waals surface area contributed by atoms with E-state index in [-0.39, 0.29) is 35.0 Å². The second-order valence-electron chi connectivity index (χ2n) is 11.6. The number of rotatable bonds is 6. The third kappa shape index (κ3) is 5.63. The summed E-state index contributed by atoms with van der Waals surface area (Å²) in [5, 5.41) is 0.436. The minimum atomic E-state index is -4.13. The Bertz CT molecular complexity index is 1900. The van der Waals surface area contributed by atoms with Crippen LogP contribution in [0.5, 0.6) is 0 Å². The van der Waals surface area contributed by atoms with Crippen LogP contribution < -0.4 is 0 Å². The lowest BCUT2D eigenvalue weighted by Crippen LogP contribution is -2.60. The molecule has 0 radical (unpaired) electrons. The van der Waals surface area contributed by atoms with Crippen LogP contribution in [0.4, 0.5) is 0 Å². The van der Waals surface area contributed by atoms with E-state index in [4.69, 9.17) is 11.6 Å². The van der Waals surface area contributed by atoms with Crippen molar-refractivity contribution in [1.29, 1.82) is 0 Å². The number of hydrogen-bond acceptors (Lipinski definition) is 5. The third-order valence-corrected chi connectivity index (χ3v) is 12.8. The minimum Gasteiger partial charge on any atom is -0.299 e. The van der Waals surface area contributed by atoms with Crippen molar-refractivity contribution in [1.82, 2.24) is 8.61 Å². The number of carbonyl (C=O) groups excluding carboxylic acids is 1. The van der Waals surface area contributed by atoms with Crippen molar-refractivity contribution in [2.45, 2.75) is 54.6 Å². The Balaban J connectivity index is 1.52. The standard InChI is InChI=1S/C34H33ClN2O5S2/c1-23-11-15-25(16-12-23)31-20-33-30(22-36(31)43(39,40)28-9-4-3-5-10-28)34(38)21-32(26-7-6-8-27(35)19-26)37(33)44(41,42)29-17-13-24(2)14-18-29/h3-19,30-33H,20-22H2,1-2H3/t30-,31+,32+,33+/m1/s1. The molecule has 0 saturated carbocycles. The summed E-state index contributed by atoms with van der Waals surface area (Å²) in [5.41, 5.74) is 3.28. The van der Waals surface area contributed by atoms with Crippen molar-refractivity contribution in [3.8, 4) is 0 Å². The lowest BCUT2D eigenvalue weighted by Gasteiger charge is -2.51. The van der Waals surface area contributed by atoms with Gasteiger partial charge in [0.15, 0.2) is 0 Å². The predicted octanol–water partition coefficient (Wildman–Crippen LogP) is 6.48. The van der Waals surface area contributed by atoms with E-state index in [0.29, 0.717) is 10.6 Å². The first kappa shape index (κ1) is 30.7. The number of ketones is 1. The van der Waals surface area contributed by atoms with Gasteiger partial charge in [-0.1, -0.05) is 89.5 Å². The summed E-state index contributed by atoms with van der Waals surface area (Å²) in [6.45, 7) is 3.70. The summed E-state index contributed by atoms with van der Waals surface area (Å²) < 4.78 is 60.3. The zero-order valence-electron chi connectivity index (χ0n) is 24.4. The van der Waals surface area contributed by atoms with Gasteiger partial charge in [0.25, 0.3) is 0 Å².